The topological polar surface area (TPSA) is 176 Å². The summed E-state index contributed by atoms with van der Waals surface area (Å²) in [5.74, 6) is 1.36. The summed E-state index contributed by atoms with van der Waals surface area (Å²) in [5, 5.41) is 29.2. The molecule has 2 saturated carbocycles. The SMILES string of the molecule is CC1=C(c2ccc([C@H](CCCN3CCC(c4cc5c(cc4OCCOCCO)-n4c(nc(=O)c6c(Br)cccc64)C(CCC4CCCC4)C5)CC3)NC(=O)[C@@H]3C[C@@H](O)CN3C(=O)[C@@H](NC(=O)C3(F)CC3)C(C)(C)C)cc2)SC=CCC1C. The fraction of sp³-hybridized carbons (Fsp3) is 0.585. The van der Waals surface area contributed by atoms with Crippen LogP contribution in [0.25, 0.3) is 21.5 Å². The van der Waals surface area contributed by atoms with Crippen LogP contribution >= 0.6 is 27.7 Å². The van der Waals surface area contributed by atoms with Crippen LogP contribution in [0.2, 0.25) is 0 Å². The molecule has 2 aliphatic carbocycles. The van der Waals surface area contributed by atoms with Crippen molar-refractivity contribution in [1.82, 2.24) is 30.0 Å². The molecule has 17 heteroatoms. The summed E-state index contributed by atoms with van der Waals surface area (Å²) in [4.78, 5) is 65.8. The molecule has 6 aliphatic rings. The standard InChI is InChI=1S/C65H84BrFN6O8S/c1-40-11-10-34-82-57(41(40)2)45-21-19-44(20-22-45)51(68-60(76)54-37-48(75)39-72(54)62(78)58(64(3,4)5)69-63(79)65(67)25-26-65)15-9-27-71-28-23-43(24-29-71)49-36-47-35-46(18-17-42-12-6-7-13-42)59-70-61(77)56-50(66)14-8-16-52(56)73(59)53(47)38-55(49)81-33-32-80-31-30-74/h8,10,14,16,19-22,34,36,38,40,42-43,46,48,51,54,58,74-75H,6-7,9,11-13,15,17-18,23-33,35,37,39H2,1-5H3,(H,68,76)(H,69,79)/t40?,46?,48-,51+,54+,58-/m1/s1. The van der Waals surface area contributed by atoms with Gasteiger partial charge in [-0.2, -0.15) is 4.98 Å². The Morgan fingerprint density at radius 3 is 2.46 bits per heavy atom. The van der Waals surface area contributed by atoms with E-state index in [0.29, 0.717) is 36.9 Å². The third-order valence-corrected chi connectivity index (χ3v) is 20.2. The molecule has 0 spiro atoms. The second-order valence-electron chi connectivity index (χ2n) is 25.3. The first-order valence-corrected chi connectivity index (χ1v) is 31.9. The average molecular weight is 1210 g/mol. The zero-order valence-corrected chi connectivity index (χ0v) is 50.9. The number of nitrogens with one attached hydrogen (secondary N) is 2. The Hall–Kier alpha value is -4.91. The lowest BCUT2D eigenvalue weighted by Crippen LogP contribution is -2.59. The molecule has 14 nitrogen and oxygen atoms in total. The Balaban J connectivity index is 0.870. The molecule has 5 heterocycles. The minimum Gasteiger partial charge on any atom is -0.491 e. The summed E-state index contributed by atoms with van der Waals surface area (Å²) >= 11 is 5.41. The summed E-state index contributed by atoms with van der Waals surface area (Å²) < 4.78 is 30.2. The zero-order valence-electron chi connectivity index (χ0n) is 48.5. The van der Waals surface area contributed by atoms with Crippen molar-refractivity contribution in [3.63, 3.8) is 0 Å². The molecule has 4 N–H and O–H groups in total. The number of hydrogen-bond acceptors (Lipinski definition) is 11. The summed E-state index contributed by atoms with van der Waals surface area (Å²) in [6, 6.07) is 16.4. The first-order chi connectivity index (χ1) is 39.4. The Labute approximate surface area is 495 Å². The molecule has 3 aromatic carbocycles. The number of allylic oxidation sites excluding steroid dienone is 2. The first kappa shape index (κ1) is 60.2. The number of aliphatic hydroxyl groups is 2. The summed E-state index contributed by atoms with van der Waals surface area (Å²) in [7, 11) is 0. The summed E-state index contributed by atoms with van der Waals surface area (Å²) in [6.45, 7) is 13.1. The molecule has 6 atom stereocenters. The quantitative estimate of drug-likeness (QED) is 0.0584. The molecular weight excluding hydrogens is 1120 g/mol. The molecule has 1 aromatic heterocycles. The Morgan fingerprint density at radius 2 is 1.74 bits per heavy atom. The van der Waals surface area contributed by atoms with Crippen LogP contribution in [0, 0.1) is 17.3 Å². The third-order valence-electron chi connectivity index (χ3n) is 18.4. The number of fused-ring (bicyclic) bond motifs is 5. The fourth-order valence-corrected chi connectivity index (χ4v) is 14.8. The third kappa shape index (κ3) is 13.6. The van der Waals surface area contributed by atoms with Gasteiger partial charge in [0, 0.05) is 34.3 Å². The van der Waals surface area contributed by atoms with Gasteiger partial charge in [0.05, 0.1) is 48.6 Å². The molecule has 0 bridgehead atoms. The van der Waals surface area contributed by atoms with E-state index in [2.05, 4.69) is 97.8 Å². The van der Waals surface area contributed by atoms with Crippen molar-refractivity contribution < 1.29 is 38.5 Å². The average Bonchev–Trinajstić information content (AvgIpc) is 2.53. The molecule has 10 rings (SSSR count). The van der Waals surface area contributed by atoms with E-state index in [4.69, 9.17) is 14.5 Å². The maximum atomic E-state index is 15.0. The number of likely N-dealkylation sites (tertiary alicyclic amines) is 2. The van der Waals surface area contributed by atoms with Crippen LogP contribution in [0.5, 0.6) is 5.75 Å². The predicted octanol–water partition coefficient (Wildman–Crippen LogP) is 11.0. The zero-order chi connectivity index (χ0) is 57.9. The van der Waals surface area contributed by atoms with E-state index in [1.807, 2.05) is 18.2 Å². The highest BCUT2D eigenvalue weighted by Gasteiger charge is 2.53. The molecule has 4 aromatic rings. The number of carbonyl (C=O) groups is 3. The van der Waals surface area contributed by atoms with Gasteiger partial charge >= 0.3 is 0 Å². The lowest BCUT2D eigenvalue weighted by atomic mass is 9.82. The normalized spacial score (nSPS) is 22.9. The molecule has 2 saturated heterocycles. The van der Waals surface area contributed by atoms with Crippen LogP contribution in [-0.2, 0) is 25.5 Å². The number of β-amino-alcohol motifs (C(OH)–C–C–N with tert-alkyl or cyclic N) is 1. The summed E-state index contributed by atoms with van der Waals surface area (Å²) in [6.07, 6.45) is 13.8. The van der Waals surface area contributed by atoms with Crippen LogP contribution in [0.1, 0.15) is 170 Å². The lowest BCUT2D eigenvalue weighted by molar-refractivity contribution is -0.145. The molecule has 4 fully saturated rings. The highest BCUT2D eigenvalue weighted by molar-refractivity contribution is 9.10. The molecule has 0 radical (unpaired) electrons. The highest BCUT2D eigenvalue weighted by atomic mass is 79.9. The van der Waals surface area contributed by atoms with E-state index in [0.717, 1.165) is 103 Å². The van der Waals surface area contributed by atoms with Crippen LogP contribution in [0.3, 0.4) is 0 Å². The molecule has 3 amide bonds. The molecule has 2 unspecified atom stereocenters. The van der Waals surface area contributed by atoms with E-state index in [1.165, 1.54) is 52.2 Å². The van der Waals surface area contributed by atoms with Gasteiger partial charge in [-0.3, -0.25) is 23.7 Å². The Morgan fingerprint density at radius 1 is 0.988 bits per heavy atom. The second kappa shape index (κ2) is 26.1. The minimum atomic E-state index is -1.98. The number of alkyl halides is 1. The van der Waals surface area contributed by atoms with Crippen LogP contribution in [-0.4, -0.2) is 124 Å². The number of carbonyl (C=O) groups excluding carboxylic acids is 3. The van der Waals surface area contributed by atoms with Gasteiger partial charge in [0.1, 0.15) is 30.3 Å². The van der Waals surface area contributed by atoms with Crippen molar-refractivity contribution >= 4 is 61.2 Å². The Kier molecular flexibility index (Phi) is 19.2. The second-order valence-corrected chi connectivity index (χ2v) is 27.1. The highest BCUT2D eigenvalue weighted by Crippen LogP contribution is 2.45. The fourth-order valence-electron chi connectivity index (χ4n) is 13.2. The molecule has 4 aliphatic heterocycles. The van der Waals surface area contributed by atoms with Crippen molar-refractivity contribution in [2.75, 3.05) is 52.6 Å². The van der Waals surface area contributed by atoms with Crippen molar-refractivity contribution in [3.8, 4) is 11.4 Å². The first-order valence-electron chi connectivity index (χ1n) is 30.2. The van der Waals surface area contributed by atoms with Gasteiger partial charge in [-0.05, 0) is 176 Å². The number of aromatic nitrogens is 2. The van der Waals surface area contributed by atoms with Crippen molar-refractivity contribution in [1.29, 1.82) is 0 Å². The number of piperidine rings is 1. The number of nitrogens with zero attached hydrogens (tertiary/aromatic N) is 4. The van der Waals surface area contributed by atoms with E-state index >= 15 is 0 Å². The number of amides is 3. The predicted molar refractivity (Wildman–Crippen MR) is 325 cm³/mol. The maximum absolute atomic E-state index is 15.0. The number of hydrogen-bond donors (Lipinski definition) is 4. The Bertz CT molecular complexity index is 3090. The number of benzene rings is 3. The molecular formula is C65H84BrFN6O8S. The van der Waals surface area contributed by atoms with Gasteiger partial charge in [0.25, 0.3) is 11.5 Å². The van der Waals surface area contributed by atoms with Gasteiger partial charge < -0.3 is 40.1 Å². The van der Waals surface area contributed by atoms with Crippen molar-refractivity contribution in [2.24, 2.45) is 17.3 Å². The van der Waals surface area contributed by atoms with Gasteiger partial charge in [-0.15, -0.1) is 0 Å². The van der Waals surface area contributed by atoms with Crippen molar-refractivity contribution in [2.45, 2.75) is 173 Å². The van der Waals surface area contributed by atoms with Gasteiger partial charge in [-0.25, -0.2) is 4.39 Å². The van der Waals surface area contributed by atoms with E-state index in [-0.39, 0.29) is 62.3 Å². The number of ether oxygens (including phenoxy) is 2. The van der Waals surface area contributed by atoms with Gasteiger partial charge in [0.15, 0.2) is 5.67 Å². The lowest BCUT2D eigenvalue weighted by Gasteiger charge is -2.36. The molecule has 82 heavy (non-hydrogen) atoms. The van der Waals surface area contributed by atoms with Crippen LogP contribution in [0.15, 0.2) is 80.9 Å². The van der Waals surface area contributed by atoms with E-state index in [9.17, 15) is 33.8 Å². The maximum Gasteiger partial charge on any atom is 0.281 e. The number of halogens is 2. The number of thioether (sulfide) groups is 1. The van der Waals surface area contributed by atoms with Crippen molar-refractivity contribution in [3.05, 3.63) is 115 Å². The van der Waals surface area contributed by atoms with E-state index < -0.39 is 47.1 Å². The van der Waals surface area contributed by atoms with Crippen LogP contribution in [0.4, 0.5) is 4.39 Å². The monoisotopic (exact) mass is 1210 g/mol. The number of aliphatic hydroxyl groups excluding tert-OH is 2. The summed E-state index contributed by atoms with van der Waals surface area (Å²) in [5.41, 5.74) is 4.63. The van der Waals surface area contributed by atoms with Crippen LogP contribution < -0.4 is 20.9 Å². The molecule has 442 valence electrons. The van der Waals surface area contributed by atoms with E-state index in [1.54, 1.807) is 32.5 Å². The largest absolute Gasteiger partial charge is 0.491 e. The number of rotatable bonds is 21. The smallest absolute Gasteiger partial charge is 0.281 e. The van der Waals surface area contributed by atoms with Gasteiger partial charge in [0.2, 0.25) is 11.8 Å². The minimum absolute atomic E-state index is 0.0440. The van der Waals surface area contributed by atoms with Gasteiger partial charge in [-0.1, -0.05) is 107 Å².